The normalized spacial score (nSPS) is 18.7. The van der Waals surface area contributed by atoms with Gasteiger partial charge in [-0.1, -0.05) is 30.3 Å². The molecule has 1 atom stereocenters. The maximum Gasteiger partial charge on any atom is 0.339 e. The molecular weight excluding hydrogens is 324 g/mol. The third-order valence-corrected chi connectivity index (χ3v) is 4.15. The Bertz CT molecular complexity index is 702. The summed E-state index contributed by atoms with van der Waals surface area (Å²) >= 11 is 0. The zero-order valence-corrected chi connectivity index (χ0v) is 14.0. The van der Waals surface area contributed by atoms with E-state index in [0.717, 1.165) is 28.2 Å². The molecule has 0 radical (unpaired) electrons. The Morgan fingerprint density at radius 3 is 2.40 bits per heavy atom. The van der Waals surface area contributed by atoms with Crippen LogP contribution in [-0.4, -0.2) is 59.9 Å². The molecule has 1 aromatic rings. The monoisotopic (exact) mass is 345 g/mol. The van der Waals surface area contributed by atoms with Gasteiger partial charge in [-0.25, -0.2) is 9.69 Å². The van der Waals surface area contributed by atoms with Gasteiger partial charge in [0.15, 0.2) is 13.2 Å². The molecule has 1 aliphatic heterocycles. The number of nitrogens with zero attached hydrogens (tertiary/aromatic N) is 2. The number of nitrogens with one attached hydrogen (secondary N) is 2. The molecule has 1 heterocycles. The van der Waals surface area contributed by atoms with Gasteiger partial charge in [0.2, 0.25) is 0 Å². The lowest BCUT2D eigenvalue weighted by atomic mass is 10.2. The van der Waals surface area contributed by atoms with Crippen LogP contribution in [0.15, 0.2) is 30.3 Å². The highest BCUT2D eigenvalue weighted by Gasteiger charge is 2.45. The number of benzene rings is 1. The topological polar surface area (TPSA) is 91.2 Å². The molecule has 1 unspecified atom stereocenters. The van der Waals surface area contributed by atoms with E-state index in [4.69, 9.17) is 0 Å². The second-order valence-corrected chi connectivity index (χ2v) is 6.53. The predicted octanol–water partition coefficient (Wildman–Crippen LogP) is -1.27. The molecule has 25 heavy (non-hydrogen) atoms. The number of carbonyl (C=O) groups excluding carboxylic acids is 4. The first-order valence-electron chi connectivity index (χ1n) is 8.27. The van der Waals surface area contributed by atoms with Gasteiger partial charge in [-0.05, 0) is 18.4 Å². The first-order chi connectivity index (χ1) is 12.0. The van der Waals surface area contributed by atoms with Gasteiger partial charge in [-0.15, -0.1) is 0 Å². The van der Waals surface area contributed by atoms with Crippen molar-refractivity contribution in [3.8, 4) is 0 Å². The largest absolute Gasteiger partial charge is 0.348 e. The van der Waals surface area contributed by atoms with Crippen LogP contribution in [-0.2, 0) is 20.9 Å². The summed E-state index contributed by atoms with van der Waals surface area (Å²) in [4.78, 5) is 51.0. The molecule has 1 saturated heterocycles. The van der Waals surface area contributed by atoms with Crippen LogP contribution in [0.25, 0.3) is 0 Å². The molecule has 0 bridgehead atoms. The molecule has 8 heteroatoms. The van der Waals surface area contributed by atoms with E-state index in [1.165, 1.54) is 0 Å². The molecule has 132 valence electrons. The van der Waals surface area contributed by atoms with Gasteiger partial charge in [-0.3, -0.25) is 19.3 Å². The molecule has 1 aromatic carbocycles. The summed E-state index contributed by atoms with van der Waals surface area (Å²) in [6, 6.07) is 8.63. The minimum absolute atomic E-state index is 0.0210. The zero-order chi connectivity index (χ0) is 18.0. The van der Waals surface area contributed by atoms with Crippen LogP contribution >= 0.6 is 0 Å². The van der Waals surface area contributed by atoms with Crippen molar-refractivity contribution in [2.24, 2.45) is 0 Å². The number of quaternary nitrogens is 1. The van der Waals surface area contributed by atoms with Gasteiger partial charge in [0.05, 0.1) is 13.6 Å². The molecule has 5 amide bonds. The minimum atomic E-state index is -0.845. The zero-order valence-electron chi connectivity index (χ0n) is 14.0. The van der Waals surface area contributed by atoms with E-state index in [2.05, 4.69) is 5.32 Å². The Labute approximate surface area is 145 Å². The molecule has 1 saturated carbocycles. The lowest BCUT2D eigenvalue weighted by Gasteiger charge is -2.19. The number of amides is 5. The highest BCUT2D eigenvalue weighted by Crippen LogP contribution is 2.18. The van der Waals surface area contributed by atoms with E-state index in [0.29, 0.717) is 4.90 Å². The van der Waals surface area contributed by atoms with E-state index in [1.54, 1.807) is 31.3 Å². The summed E-state index contributed by atoms with van der Waals surface area (Å²) in [5.74, 6) is -1.79. The lowest BCUT2D eigenvalue weighted by Crippen LogP contribution is -3.12. The quantitative estimate of drug-likeness (QED) is 0.476. The standard InChI is InChI=1S/C17H20N4O4/c1-19(10-14(22)18-13-7-8-13)11-21-16(24)15(23)20(17(21)25)9-12-5-3-2-4-6-12/h2-6,13H,7-11H2,1H3,(H,18,22)/p+1. The SMILES string of the molecule is C[NH+](CC(=O)NC1CC1)CN1C(=O)C(=O)N(Cc2ccccc2)C1=O. The Morgan fingerprint density at radius 1 is 1.12 bits per heavy atom. The molecule has 0 aromatic heterocycles. The summed E-state index contributed by atoms with van der Waals surface area (Å²) in [7, 11) is 1.71. The van der Waals surface area contributed by atoms with Crippen LogP contribution in [0.4, 0.5) is 4.79 Å². The molecule has 8 nitrogen and oxygen atoms in total. The molecule has 2 fully saturated rings. The minimum Gasteiger partial charge on any atom is -0.348 e. The highest BCUT2D eigenvalue weighted by atomic mass is 16.2. The molecule has 1 aliphatic carbocycles. The fraction of sp³-hybridized carbons (Fsp3) is 0.412. The Hall–Kier alpha value is -2.74. The molecule has 2 aliphatic rings. The number of carbonyl (C=O) groups is 4. The van der Waals surface area contributed by atoms with E-state index in [9.17, 15) is 19.2 Å². The van der Waals surface area contributed by atoms with Crippen molar-refractivity contribution in [3.63, 3.8) is 0 Å². The van der Waals surface area contributed by atoms with Crippen LogP contribution in [0.3, 0.4) is 0 Å². The number of hydrogen-bond acceptors (Lipinski definition) is 4. The summed E-state index contributed by atoms with van der Waals surface area (Å²) < 4.78 is 0. The van der Waals surface area contributed by atoms with Crippen molar-refractivity contribution in [2.75, 3.05) is 20.3 Å². The van der Waals surface area contributed by atoms with Crippen molar-refractivity contribution in [2.45, 2.75) is 25.4 Å². The van der Waals surface area contributed by atoms with E-state index in [1.807, 2.05) is 6.07 Å². The maximum atomic E-state index is 12.4. The Morgan fingerprint density at radius 2 is 1.76 bits per heavy atom. The number of likely N-dealkylation sites (N-methyl/N-ethyl adjacent to an activating group) is 1. The first kappa shape index (κ1) is 17.1. The third kappa shape index (κ3) is 4.03. The molecule has 0 spiro atoms. The van der Waals surface area contributed by atoms with Gasteiger partial charge < -0.3 is 10.2 Å². The van der Waals surface area contributed by atoms with Gasteiger partial charge >= 0.3 is 17.8 Å². The van der Waals surface area contributed by atoms with Gasteiger partial charge in [0.1, 0.15) is 0 Å². The summed E-state index contributed by atoms with van der Waals surface area (Å²) in [6.45, 7) is 0.176. The van der Waals surface area contributed by atoms with Crippen molar-refractivity contribution in [1.82, 2.24) is 15.1 Å². The summed E-state index contributed by atoms with van der Waals surface area (Å²) in [5, 5.41) is 2.86. The lowest BCUT2D eigenvalue weighted by molar-refractivity contribution is -0.879. The van der Waals surface area contributed by atoms with Crippen LogP contribution in [0.1, 0.15) is 18.4 Å². The number of imide groups is 2. The van der Waals surface area contributed by atoms with Gasteiger partial charge in [0, 0.05) is 6.04 Å². The van der Waals surface area contributed by atoms with Crippen molar-refractivity contribution in [1.29, 1.82) is 0 Å². The highest BCUT2D eigenvalue weighted by molar-refractivity contribution is 6.44. The van der Waals surface area contributed by atoms with Gasteiger partial charge in [0.25, 0.3) is 5.91 Å². The van der Waals surface area contributed by atoms with Crippen molar-refractivity contribution < 1.29 is 24.1 Å². The number of hydrogen-bond donors (Lipinski definition) is 2. The van der Waals surface area contributed by atoms with Crippen molar-refractivity contribution in [3.05, 3.63) is 35.9 Å². The third-order valence-electron chi connectivity index (χ3n) is 4.15. The fourth-order valence-corrected chi connectivity index (χ4v) is 2.70. The van der Waals surface area contributed by atoms with Crippen LogP contribution in [0, 0.1) is 0 Å². The smallest absolute Gasteiger partial charge is 0.339 e. The predicted molar refractivity (Wildman–Crippen MR) is 87.0 cm³/mol. The average Bonchev–Trinajstić information content (AvgIpc) is 3.37. The summed E-state index contributed by atoms with van der Waals surface area (Å²) in [5.41, 5.74) is 0.767. The number of rotatable bonds is 7. The Kier molecular flexibility index (Phi) is 4.80. The molecule has 3 rings (SSSR count). The first-order valence-corrected chi connectivity index (χ1v) is 8.27. The van der Waals surface area contributed by atoms with E-state index < -0.39 is 17.8 Å². The van der Waals surface area contributed by atoms with Crippen LogP contribution in [0.2, 0.25) is 0 Å². The second kappa shape index (κ2) is 7.02. The van der Waals surface area contributed by atoms with Crippen LogP contribution < -0.4 is 10.2 Å². The molecular formula is C17H21N4O4+. The Balaban J connectivity index is 1.59. The maximum absolute atomic E-state index is 12.4. The van der Waals surface area contributed by atoms with Gasteiger partial charge in [-0.2, -0.15) is 0 Å². The average molecular weight is 345 g/mol. The fourth-order valence-electron chi connectivity index (χ4n) is 2.70. The van der Waals surface area contributed by atoms with Crippen LogP contribution in [0.5, 0.6) is 0 Å². The van der Waals surface area contributed by atoms with E-state index >= 15 is 0 Å². The molecule has 2 N–H and O–H groups in total. The number of urea groups is 1. The summed E-state index contributed by atoms with van der Waals surface area (Å²) in [6.07, 6.45) is 1.99. The second-order valence-electron chi connectivity index (χ2n) is 6.53. The van der Waals surface area contributed by atoms with Crippen molar-refractivity contribution >= 4 is 23.8 Å². The van der Waals surface area contributed by atoms with E-state index in [-0.39, 0.29) is 31.7 Å².